The van der Waals surface area contributed by atoms with Crippen LogP contribution in [0.15, 0.2) is 54.6 Å². The molecule has 4 rings (SSSR count). The van der Waals surface area contributed by atoms with E-state index in [1.807, 2.05) is 0 Å². The zero-order valence-corrected chi connectivity index (χ0v) is 15.1. The molecule has 2 aromatic carbocycles. The molecule has 136 valence electrons. The average Bonchev–Trinajstić information content (AvgIpc) is 3.23. The molecule has 1 aliphatic carbocycles. The quantitative estimate of drug-likeness (QED) is 0.743. The van der Waals surface area contributed by atoms with Gasteiger partial charge >= 0.3 is 5.97 Å². The number of nitrogens with zero attached hydrogens (tertiary/aromatic N) is 1. The highest BCUT2D eigenvalue weighted by molar-refractivity contribution is 5.89. The van der Waals surface area contributed by atoms with Crippen molar-refractivity contribution in [2.24, 2.45) is 11.8 Å². The van der Waals surface area contributed by atoms with Gasteiger partial charge in [-0.1, -0.05) is 30.3 Å². The van der Waals surface area contributed by atoms with Crippen molar-refractivity contribution in [1.82, 2.24) is 4.90 Å². The van der Waals surface area contributed by atoms with E-state index < -0.39 is 0 Å². The van der Waals surface area contributed by atoms with Crippen molar-refractivity contribution in [3.63, 3.8) is 0 Å². The highest BCUT2D eigenvalue weighted by Gasteiger charge is 2.46. The summed E-state index contributed by atoms with van der Waals surface area (Å²) in [6.45, 7) is 2.63. The van der Waals surface area contributed by atoms with Crippen molar-refractivity contribution in [1.29, 1.82) is 0 Å². The Morgan fingerprint density at radius 3 is 2.58 bits per heavy atom. The molecule has 4 heteroatoms. The number of carbonyl (C=O) groups excluding carboxylic acids is 1. The monoisotopic (exact) mass is 351 g/mol. The maximum Gasteiger partial charge on any atom is 0.338 e. The lowest BCUT2D eigenvalue weighted by molar-refractivity contribution is 0.0408. The first-order valence-electron chi connectivity index (χ1n) is 9.34. The molecule has 1 saturated carbocycles. The molecule has 2 aliphatic rings. The van der Waals surface area contributed by atoms with Gasteiger partial charge in [-0.15, -0.1) is 0 Å². The van der Waals surface area contributed by atoms with Gasteiger partial charge in [0.15, 0.2) is 0 Å². The number of fused-ring (bicyclic) bond motifs is 2. The van der Waals surface area contributed by atoms with E-state index in [1.165, 1.54) is 18.4 Å². The minimum Gasteiger partial charge on any atom is -0.497 e. The van der Waals surface area contributed by atoms with Gasteiger partial charge in [0.2, 0.25) is 0 Å². The van der Waals surface area contributed by atoms with Crippen LogP contribution in [0.25, 0.3) is 0 Å². The maximum atomic E-state index is 12.3. The van der Waals surface area contributed by atoms with Crippen molar-refractivity contribution in [2.75, 3.05) is 20.3 Å². The smallest absolute Gasteiger partial charge is 0.338 e. The molecule has 0 radical (unpaired) electrons. The van der Waals surface area contributed by atoms with Gasteiger partial charge in [-0.05, 0) is 48.6 Å². The molecule has 2 aromatic rings. The second kappa shape index (κ2) is 7.50. The Morgan fingerprint density at radius 2 is 1.85 bits per heavy atom. The number of esters is 1. The Hall–Kier alpha value is -2.33. The molecule has 2 bridgehead atoms. The number of benzene rings is 2. The zero-order valence-electron chi connectivity index (χ0n) is 15.1. The Bertz CT molecular complexity index is 744. The first-order chi connectivity index (χ1) is 12.7. The van der Waals surface area contributed by atoms with Crippen LogP contribution in [-0.2, 0) is 11.3 Å². The van der Waals surface area contributed by atoms with E-state index in [0.29, 0.717) is 30.0 Å². The van der Waals surface area contributed by atoms with Crippen LogP contribution < -0.4 is 4.74 Å². The normalized spacial score (nSPS) is 24.6. The fourth-order valence-electron chi connectivity index (χ4n) is 4.47. The third-order valence-corrected chi connectivity index (χ3v) is 5.83. The van der Waals surface area contributed by atoms with Gasteiger partial charge in [-0.3, -0.25) is 4.90 Å². The molecule has 1 saturated heterocycles. The van der Waals surface area contributed by atoms with Crippen LogP contribution in [0.2, 0.25) is 0 Å². The van der Waals surface area contributed by atoms with Crippen molar-refractivity contribution in [3.8, 4) is 5.75 Å². The number of hydrogen-bond acceptors (Lipinski definition) is 4. The number of piperidine rings is 1. The minimum absolute atomic E-state index is 0.242. The van der Waals surface area contributed by atoms with Gasteiger partial charge in [0.25, 0.3) is 0 Å². The molecule has 0 aromatic heterocycles. The standard InChI is InChI=1S/C22H25NO3/c1-25-19-10-7-17(8-11-19)22(24)26-15-20-18-9-12-21(20)23(14-18)13-16-5-3-2-4-6-16/h2-8,10-11,18,20-21H,9,12-15H2,1H3. The van der Waals surface area contributed by atoms with Gasteiger partial charge < -0.3 is 9.47 Å². The summed E-state index contributed by atoms with van der Waals surface area (Å²) in [5.41, 5.74) is 1.94. The lowest BCUT2D eigenvalue weighted by Gasteiger charge is -2.27. The van der Waals surface area contributed by atoms with Crippen molar-refractivity contribution < 1.29 is 14.3 Å². The fraction of sp³-hybridized carbons (Fsp3) is 0.409. The van der Waals surface area contributed by atoms with Gasteiger partial charge in [-0.25, -0.2) is 4.79 Å². The van der Waals surface area contributed by atoms with Crippen LogP contribution in [0.5, 0.6) is 5.75 Å². The SMILES string of the molecule is COc1ccc(C(=O)OCC2C3CCC2N(Cc2ccccc2)C3)cc1. The topological polar surface area (TPSA) is 38.8 Å². The van der Waals surface area contributed by atoms with Crippen LogP contribution in [0, 0.1) is 11.8 Å². The van der Waals surface area contributed by atoms with E-state index in [4.69, 9.17) is 9.47 Å². The molecule has 3 atom stereocenters. The van der Waals surface area contributed by atoms with E-state index in [1.54, 1.807) is 31.4 Å². The van der Waals surface area contributed by atoms with Crippen molar-refractivity contribution in [2.45, 2.75) is 25.4 Å². The first kappa shape index (κ1) is 17.1. The number of methoxy groups -OCH3 is 1. The molecular formula is C22H25NO3. The summed E-state index contributed by atoms with van der Waals surface area (Å²) in [6, 6.07) is 18.2. The number of likely N-dealkylation sites (tertiary alicyclic amines) is 1. The third kappa shape index (κ3) is 3.47. The van der Waals surface area contributed by atoms with Crippen LogP contribution in [0.3, 0.4) is 0 Å². The lowest BCUT2D eigenvalue weighted by atomic mass is 9.99. The predicted octanol–water partition coefficient (Wildman–Crippen LogP) is 3.76. The Kier molecular flexibility index (Phi) is 4.93. The highest BCUT2D eigenvalue weighted by Crippen LogP contribution is 2.43. The largest absolute Gasteiger partial charge is 0.497 e. The van der Waals surface area contributed by atoms with Crippen LogP contribution in [0.1, 0.15) is 28.8 Å². The van der Waals surface area contributed by atoms with E-state index in [0.717, 1.165) is 18.8 Å². The molecular weight excluding hydrogens is 326 g/mol. The number of ether oxygens (including phenoxy) is 2. The van der Waals surface area contributed by atoms with E-state index in [-0.39, 0.29) is 5.97 Å². The average molecular weight is 351 g/mol. The molecule has 26 heavy (non-hydrogen) atoms. The number of rotatable bonds is 6. The zero-order chi connectivity index (χ0) is 17.9. The lowest BCUT2D eigenvalue weighted by Crippen LogP contribution is -2.33. The van der Waals surface area contributed by atoms with E-state index in [9.17, 15) is 4.79 Å². The van der Waals surface area contributed by atoms with Crippen molar-refractivity contribution >= 4 is 5.97 Å². The summed E-state index contributed by atoms with van der Waals surface area (Å²) >= 11 is 0. The maximum absolute atomic E-state index is 12.3. The molecule has 0 spiro atoms. The summed E-state index contributed by atoms with van der Waals surface area (Å²) < 4.78 is 10.8. The molecule has 2 fully saturated rings. The summed E-state index contributed by atoms with van der Waals surface area (Å²) in [5.74, 6) is 1.61. The summed E-state index contributed by atoms with van der Waals surface area (Å²) in [7, 11) is 1.62. The van der Waals surface area contributed by atoms with Gasteiger partial charge in [0, 0.05) is 25.0 Å². The van der Waals surface area contributed by atoms with Crippen LogP contribution in [-0.4, -0.2) is 37.2 Å². The molecule has 0 N–H and O–H groups in total. The predicted molar refractivity (Wildman–Crippen MR) is 100 cm³/mol. The van der Waals surface area contributed by atoms with E-state index >= 15 is 0 Å². The fourth-order valence-corrected chi connectivity index (χ4v) is 4.47. The Balaban J connectivity index is 1.34. The van der Waals surface area contributed by atoms with Gasteiger partial charge in [0.1, 0.15) is 5.75 Å². The van der Waals surface area contributed by atoms with Gasteiger partial charge in [0.05, 0.1) is 19.3 Å². The molecule has 4 nitrogen and oxygen atoms in total. The summed E-state index contributed by atoms with van der Waals surface area (Å²) in [5, 5.41) is 0. The molecule has 0 amide bonds. The van der Waals surface area contributed by atoms with E-state index in [2.05, 4.69) is 35.2 Å². The Labute approximate surface area is 154 Å². The number of hydrogen-bond donors (Lipinski definition) is 0. The highest BCUT2D eigenvalue weighted by atomic mass is 16.5. The summed E-state index contributed by atoms with van der Waals surface area (Å²) in [6.07, 6.45) is 2.46. The molecule has 1 aliphatic heterocycles. The molecule has 1 heterocycles. The molecule has 3 unspecified atom stereocenters. The second-order valence-corrected chi connectivity index (χ2v) is 7.31. The summed E-state index contributed by atoms with van der Waals surface area (Å²) in [4.78, 5) is 14.9. The van der Waals surface area contributed by atoms with Gasteiger partial charge in [-0.2, -0.15) is 0 Å². The van der Waals surface area contributed by atoms with Crippen molar-refractivity contribution in [3.05, 3.63) is 65.7 Å². The Morgan fingerprint density at radius 1 is 1.08 bits per heavy atom. The first-order valence-corrected chi connectivity index (χ1v) is 9.34. The van der Waals surface area contributed by atoms with Crippen LogP contribution >= 0.6 is 0 Å². The van der Waals surface area contributed by atoms with Crippen LogP contribution in [0.4, 0.5) is 0 Å². The second-order valence-electron chi connectivity index (χ2n) is 7.31. The minimum atomic E-state index is -0.242. The number of carbonyl (C=O) groups is 1. The third-order valence-electron chi connectivity index (χ3n) is 5.83.